The van der Waals surface area contributed by atoms with Gasteiger partial charge in [0.2, 0.25) is 5.91 Å². The normalized spacial score (nSPS) is 15.8. The molecule has 134 valence electrons. The number of hydrogen-bond acceptors (Lipinski definition) is 4. The third kappa shape index (κ3) is 4.72. The first-order valence-electron chi connectivity index (χ1n) is 8.30. The summed E-state index contributed by atoms with van der Waals surface area (Å²) in [7, 11) is 0. The fraction of sp³-hybridized carbons (Fsp3) is 0.526. The summed E-state index contributed by atoms with van der Waals surface area (Å²) < 4.78 is 5.49. The molecule has 1 N–H and O–H groups in total. The van der Waals surface area contributed by atoms with Gasteiger partial charge >= 0.3 is 6.09 Å². The van der Waals surface area contributed by atoms with Crippen molar-refractivity contribution in [1.29, 1.82) is 5.26 Å². The van der Waals surface area contributed by atoms with Crippen LogP contribution in [0, 0.1) is 11.3 Å². The first-order chi connectivity index (χ1) is 11.5. The van der Waals surface area contributed by atoms with Crippen LogP contribution in [0.15, 0.2) is 18.2 Å². The van der Waals surface area contributed by atoms with Crippen molar-refractivity contribution in [1.82, 2.24) is 4.90 Å². The average Bonchev–Trinajstić information content (AvgIpc) is 2.44. The molecule has 0 unspecified atom stereocenters. The van der Waals surface area contributed by atoms with Crippen LogP contribution in [0.25, 0.3) is 0 Å². The Hall–Kier alpha value is -2.55. The van der Waals surface area contributed by atoms with Gasteiger partial charge in [0.1, 0.15) is 12.0 Å². The van der Waals surface area contributed by atoms with Gasteiger partial charge in [-0.1, -0.05) is 19.9 Å². The number of benzene rings is 1. The summed E-state index contributed by atoms with van der Waals surface area (Å²) in [5, 5.41) is 11.3. The number of carbonyl (C=O) groups is 2. The van der Waals surface area contributed by atoms with Crippen LogP contribution in [0.1, 0.15) is 52.2 Å². The topological polar surface area (TPSA) is 82.4 Å². The number of carbonyl (C=O) groups excluding carboxylic acids is 2. The van der Waals surface area contributed by atoms with Crippen LogP contribution < -0.4 is 5.32 Å². The first-order valence-corrected chi connectivity index (χ1v) is 8.30. The lowest BCUT2D eigenvalue weighted by Gasteiger charge is -2.40. The molecule has 0 fully saturated rings. The van der Waals surface area contributed by atoms with E-state index in [1.54, 1.807) is 4.90 Å². The zero-order chi connectivity index (χ0) is 18.8. The van der Waals surface area contributed by atoms with Crippen molar-refractivity contribution in [3.63, 3.8) is 0 Å². The Morgan fingerprint density at radius 3 is 2.64 bits per heavy atom. The second-order valence-electron chi connectivity index (χ2n) is 7.98. The molecule has 1 aliphatic heterocycles. The maximum absolute atomic E-state index is 12.5. The minimum atomic E-state index is -0.547. The van der Waals surface area contributed by atoms with Crippen molar-refractivity contribution in [2.24, 2.45) is 0 Å². The van der Waals surface area contributed by atoms with Gasteiger partial charge in [-0.05, 0) is 44.0 Å². The van der Waals surface area contributed by atoms with Crippen molar-refractivity contribution >= 4 is 17.7 Å². The molecule has 0 bridgehead atoms. The highest BCUT2D eigenvalue weighted by atomic mass is 16.6. The van der Waals surface area contributed by atoms with Crippen molar-refractivity contribution in [3.8, 4) is 6.07 Å². The minimum absolute atomic E-state index is 0.188. The zero-order valence-corrected chi connectivity index (χ0v) is 15.5. The quantitative estimate of drug-likeness (QED) is 0.890. The second kappa shape index (κ2) is 6.75. The molecule has 0 saturated carbocycles. The van der Waals surface area contributed by atoms with Crippen molar-refractivity contribution < 1.29 is 14.3 Å². The van der Waals surface area contributed by atoms with Gasteiger partial charge in [0, 0.05) is 24.2 Å². The van der Waals surface area contributed by atoms with Gasteiger partial charge in [-0.2, -0.15) is 5.26 Å². The fourth-order valence-corrected chi connectivity index (χ4v) is 3.02. The molecule has 0 spiro atoms. The molecule has 2 rings (SSSR count). The number of nitrogens with zero attached hydrogens (tertiary/aromatic N) is 2. The molecule has 0 saturated heterocycles. The summed E-state index contributed by atoms with van der Waals surface area (Å²) in [6.07, 6.45) is -0.530. The number of hydrogen-bond donors (Lipinski definition) is 1. The Kier molecular flexibility index (Phi) is 5.07. The van der Waals surface area contributed by atoms with E-state index in [-0.39, 0.29) is 23.8 Å². The van der Waals surface area contributed by atoms with Crippen LogP contribution in [0.4, 0.5) is 10.5 Å². The Morgan fingerprint density at radius 1 is 1.36 bits per heavy atom. The number of nitriles is 1. The lowest BCUT2D eigenvalue weighted by molar-refractivity contribution is -0.115. The van der Waals surface area contributed by atoms with E-state index in [1.807, 2.05) is 45.0 Å². The highest BCUT2D eigenvalue weighted by Crippen LogP contribution is 2.35. The zero-order valence-electron chi connectivity index (χ0n) is 15.5. The van der Waals surface area contributed by atoms with Crippen LogP contribution in [0.2, 0.25) is 0 Å². The predicted molar refractivity (Wildman–Crippen MR) is 95.0 cm³/mol. The van der Waals surface area contributed by atoms with Crippen LogP contribution in [0.5, 0.6) is 0 Å². The lowest BCUT2D eigenvalue weighted by Crippen LogP contribution is -2.46. The third-order valence-corrected chi connectivity index (χ3v) is 3.96. The van der Waals surface area contributed by atoms with E-state index >= 15 is 0 Å². The molecule has 0 aliphatic carbocycles. The molecule has 2 amide bonds. The molecule has 0 aromatic heterocycles. The van der Waals surface area contributed by atoms with Gasteiger partial charge in [0.25, 0.3) is 0 Å². The molecule has 1 aliphatic rings. The number of amides is 2. The molecular weight excluding hydrogens is 318 g/mol. The highest BCUT2D eigenvalue weighted by Gasteiger charge is 2.35. The molecule has 1 heterocycles. The lowest BCUT2D eigenvalue weighted by atomic mass is 9.78. The standard InChI is InChI=1S/C19H25N3O3/c1-18(2,3)25-17(24)22-11-13-10-14(21-16(23)8-9-20)6-7-15(13)19(4,5)12-22/h6-7,10H,8,11-12H2,1-5H3,(H,21,23). The molecule has 6 nitrogen and oxygen atoms in total. The van der Waals surface area contributed by atoms with E-state index in [2.05, 4.69) is 19.2 Å². The largest absolute Gasteiger partial charge is 0.444 e. The van der Waals surface area contributed by atoms with E-state index in [9.17, 15) is 9.59 Å². The minimum Gasteiger partial charge on any atom is -0.444 e. The summed E-state index contributed by atoms with van der Waals surface area (Å²) in [5.74, 6) is -0.346. The Morgan fingerprint density at radius 2 is 2.04 bits per heavy atom. The first kappa shape index (κ1) is 18.8. The van der Waals surface area contributed by atoms with E-state index in [0.717, 1.165) is 11.1 Å². The van der Waals surface area contributed by atoms with Crippen LogP contribution in [-0.2, 0) is 21.5 Å². The molecule has 0 radical (unpaired) electrons. The molecule has 1 aromatic rings. The summed E-state index contributed by atoms with van der Waals surface area (Å²) in [6, 6.07) is 7.50. The maximum atomic E-state index is 12.5. The molecular formula is C19H25N3O3. The molecule has 25 heavy (non-hydrogen) atoms. The monoisotopic (exact) mass is 343 g/mol. The van der Waals surface area contributed by atoms with Gasteiger partial charge in [0.15, 0.2) is 0 Å². The number of ether oxygens (including phenoxy) is 1. The Bertz CT molecular complexity index is 726. The number of fused-ring (bicyclic) bond motifs is 1. The van der Waals surface area contributed by atoms with Crippen molar-refractivity contribution in [2.45, 2.75) is 58.6 Å². The number of anilines is 1. The summed E-state index contributed by atoms with van der Waals surface area (Å²) in [6.45, 7) is 10.7. The van der Waals surface area contributed by atoms with Crippen LogP contribution in [-0.4, -0.2) is 29.0 Å². The molecule has 1 aromatic carbocycles. The SMILES string of the molecule is CC(C)(C)OC(=O)N1Cc2cc(NC(=O)CC#N)ccc2C(C)(C)C1. The number of nitrogens with one attached hydrogen (secondary N) is 1. The van der Waals surface area contributed by atoms with E-state index in [0.29, 0.717) is 18.8 Å². The Balaban J connectivity index is 2.25. The van der Waals surface area contributed by atoms with Crippen molar-refractivity contribution in [3.05, 3.63) is 29.3 Å². The van der Waals surface area contributed by atoms with Crippen LogP contribution >= 0.6 is 0 Å². The summed E-state index contributed by atoms with van der Waals surface area (Å²) in [4.78, 5) is 25.8. The van der Waals surface area contributed by atoms with E-state index < -0.39 is 5.60 Å². The van der Waals surface area contributed by atoms with Crippen molar-refractivity contribution in [2.75, 3.05) is 11.9 Å². The van der Waals surface area contributed by atoms with Gasteiger partial charge in [0.05, 0.1) is 6.07 Å². The average molecular weight is 343 g/mol. The molecule has 6 heteroatoms. The summed E-state index contributed by atoms with van der Waals surface area (Å²) >= 11 is 0. The Labute approximate surface area is 148 Å². The maximum Gasteiger partial charge on any atom is 0.410 e. The predicted octanol–water partition coefficient (Wildman–Crippen LogP) is 3.57. The van der Waals surface area contributed by atoms with E-state index in [4.69, 9.17) is 10.00 Å². The fourth-order valence-electron chi connectivity index (χ4n) is 3.02. The molecule has 0 atom stereocenters. The second-order valence-corrected chi connectivity index (χ2v) is 7.98. The van der Waals surface area contributed by atoms with E-state index in [1.165, 1.54) is 0 Å². The van der Waals surface area contributed by atoms with Crippen LogP contribution in [0.3, 0.4) is 0 Å². The van der Waals surface area contributed by atoms with Gasteiger partial charge in [-0.3, -0.25) is 4.79 Å². The van der Waals surface area contributed by atoms with Gasteiger partial charge in [-0.15, -0.1) is 0 Å². The van der Waals surface area contributed by atoms with Gasteiger partial charge in [-0.25, -0.2) is 4.79 Å². The highest BCUT2D eigenvalue weighted by molar-refractivity contribution is 5.92. The smallest absolute Gasteiger partial charge is 0.410 e. The third-order valence-electron chi connectivity index (χ3n) is 3.96. The van der Waals surface area contributed by atoms with Gasteiger partial charge < -0.3 is 15.0 Å². The number of rotatable bonds is 2. The summed E-state index contributed by atoms with van der Waals surface area (Å²) in [5.41, 5.74) is 1.97.